The number of hydrogen-bond donors (Lipinski definition) is 0. The van der Waals surface area contributed by atoms with Gasteiger partial charge in [0.15, 0.2) is 0 Å². The molecular formula is C8H14F3NO3S. The number of alkyl halides is 3. The second kappa shape index (κ2) is 4.89. The first-order chi connectivity index (χ1) is 7.26. The molecule has 1 aliphatic heterocycles. The van der Waals surface area contributed by atoms with Crippen LogP contribution in [-0.2, 0) is 14.3 Å². The van der Waals surface area contributed by atoms with E-state index in [4.69, 9.17) is 0 Å². The standard InChI is InChI=1S/C8H14F3NO3S/c1-2-12-5-3-7(4-6-12)15-16(13,14)8(9,10)11/h7H,2-6H2,1H3. The summed E-state index contributed by atoms with van der Waals surface area (Å²) in [7, 11) is -5.44. The molecule has 0 atom stereocenters. The quantitative estimate of drug-likeness (QED) is 0.568. The summed E-state index contributed by atoms with van der Waals surface area (Å²) in [6, 6.07) is 0. The topological polar surface area (TPSA) is 46.6 Å². The Morgan fingerprint density at radius 3 is 2.19 bits per heavy atom. The van der Waals surface area contributed by atoms with Gasteiger partial charge in [-0.05, 0) is 19.4 Å². The fourth-order valence-electron chi connectivity index (χ4n) is 1.56. The Morgan fingerprint density at radius 2 is 1.81 bits per heavy atom. The first-order valence-corrected chi connectivity index (χ1v) is 6.39. The van der Waals surface area contributed by atoms with Crippen molar-refractivity contribution in [2.45, 2.75) is 31.4 Å². The van der Waals surface area contributed by atoms with Crippen LogP contribution in [0.1, 0.15) is 19.8 Å². The molecule has 0 saturated carbocycles. The second-order valence-corrected chi connectivity index (χ2v) is 5.19. The molecule has 1 saturated heterocycles. The van der Waals surface area contributed by atoms with Crippen LogP contribution in [-0.4, -0.2) is 44.6 Å². The highest BCUT2D eigenvalue weighted by Gasteiger charge is 2.48. The van der Waals surface area contributed by atoms with Crippen molar-refractivity contribution in [3.05, 3.63) is 0 Å². The molecular weight excluding hydrogens is 247 g/mol. The van der Waals surface area contributed by atoms with E-state index in [9.17, 15) is 21.6 Å². The number of halogens is 3. The molecule has 1 heterocycles. The van der Waals surface area contributed by atoms with Crippen LogP contribution < -0.4 is 0 Å². The molecule has 0 aromatic heterocycles. The summed E-state index contributed by atoms with van der Waals surface area (Å²) in [5.74, 6) is 0. The maximum atomic E-state index is 12.0. The zero-order valence-electron chi connectivity index (χ0n) is 8.83. The molecule has 1 aliphatic rings. The van der Waals surface area contributed by atoms with Crippen LogP contribution >= 0.6 is 0 Å². The molecule has 0 bridgehead atoms. The zero-order chi connectivity index (χ0) is 12.4. The van der Waals surface area contributed by atoms with Crippen molar-refractivity contribution in [3.63, 3.8) is 0 Å². The van der Waals surface area contributed by atoms with E-state index in [1.807, 2.05) is 11.8 Å². The molecule has 96 valence electrons. The van der Waals surface area contributed by atoms with Crippen LogP contribution in [0.15, 0.2) is 0 Å². The molecule has 0 spiro atoms. The van der Waals surface area contributed by atoms with E-state index >= 15 is 0 Å². The van der Waals surface area contributed by atoms with Gasteiger partial charge in [-0.25, -0.2) is 0 Å². The lowest BCUT2D eigenvalue weighted by atomic mass is 10.1. The minimum absolute atomic E-state index is 0.309. The Hall–Kier alpha value is -0.340. The van der Waals surface area contributed by atoms with Crippen molar-refractivity contribution in [3.8, 4) is 0 Å². The third-order valence-corrected chi connectivity index (χ3v) is 3.62. The summed E-state index contributed by atoms with van der Waals surface area (Å²) >= 11 is 0. The summed E-state index contributed by atoms with van der Waals surface area (Å²) < 4.78 is 61.6. The van der Waals surface area contributed by atoms with Crippen LogP contribution in [0.5, 0.6) is 0 Å². The molecule has 0 aliphatic carbocycles. The summed E-state index contributed by atoms with van der Waals surface area (Å²) in [6.07, 6.45) is -0.235. The van der Waals surface area contributed by atoms with Crippen molar-refractivity contribution >= 4 is 10.1 Å². The largest absolute Gasteiger partial charge is 0.523 e. The Labute approximate surface area is 92.5 Å². The zero-order valence-corrected chi connectivity index (χ0v) is 9.64. The Bertz CT molecular complexity index is 320. The predicted octanol–water partition coefficient (Wildman–Crippen LogP) is 1.34. The minimum atomic E-state index is -5.44. The van der Waals surface area contributed by atoms with Gasteiger partial charge < -0.3 is 4.90 Å². The van der Waals surface area contributed by atoms with Crippen molar-refractivity contribution in [1.29, 1.82) is 0 Å². The highest BCUT2D eigenvalue weighted by atomic mass is 32.2. The first kappa shape index (κ1) is 13.7. The molecule has 0 aromatic carbocycles. The molecule has 0 unspecified atom stereocenters. The number of piperidine rings is 1. The third kappa shape index (κ3) is 3.33. The van der Waals surface area contributed by atoms with E-state index in [0.29, 0.717) is 25.9 Å². The van der Waals surface area contributed by atoms with Gasteiger partial charge in [0, 0.05) is 13.1 Å². The lowest BCUT2D eigenvalue weighted by Gasteiger charge is -2.30. The summed E-state index contributed by atoms with van der Waals surface area (Å²) in [6.45, 7) is 3.87. The van der Waals surface area contributed by atoms with Gasteiger partial charge in [-0.15, -0.1) is 0 Å². The maximum absolute atomic E-state index is 12.0. The van der Waals surface area contributed by atoms with Crippen molar-refractivity contribution in [2.24, 2.45) is 0 Å². The fourth-order valence-corrected chi connectivity index (χ4v) is 2.22. The smallest absolute Gasteiger partial charge is 0.303 e. The van der Waals surface area contributed by atoms with Gasteiger partial charge in [0.2, 0.25) is 0 Å². The van der Waals surface area contributed by atoms with Gasteiger partial charge in [-0.3, -0.25) is 4.18 Å². The van der Waals surface area contributed by atoms with Gasteiger partial charge in [0.25, 0.3) is 0 Å². The van der Waals surface area contributed by atoms with E-state index in [-0.39, 0.29) is 0 Å². The van der Waals surface area contributed by atoms with Gasteiger partial charge >= 0.3 is 15.6 Å². The van der Waals surface area contributed by atoms with Gasteiger partial charge in [-0.1, -0.05) is 6.92 Å². The lowest BCUT2D eigenvalue weighted by Crippen LogP contribution is -2.39. The summed E-state index contributed by atoms with van der Waals surface area (Å²) in [4.78, 5) is 2.03. The highest BCUT2D eigenvalue weighted by Crippen LogP contribution is 2.27. The molecule has 4 nitrogen and oxygen atoms in total. The number of likely N-dealkylation sites (tertiary alicyclic amines) is 1. The number of nitrogens with zero attached hydrogens (tertiary/aromatic N) is 1. The van der Waals surface area contributed by atoms with Gasteiger partial charge in [0.1, 0.15) is 0 Å². The Kier molecular flexibility index (Phi) is 4.19. The average molecular weight is 261 g/mol. The summed E-state index contributed by atoms with van der Waals surface area (Å²) in [5, 5.41) is 0. The SMILES string of the molecule is CCN1CCC(OS(=O)(=O)C(F)(F)F)CC1. The highest BCUT2D eigenvalue weighted by molar-refractivity contribution is 7.87. The molecule has 8 heteroatoms. The molecule has 0 N–H and O–H groups in total. The van der Waals surface area contributed by atoms with E-state index in [1.165, 1.54) is 0 Å². The first-order valence-electron chi connectivity index (χ1n) is 4.98. The van der Waals surface area contributed by atoms with Crippen molar-refractivity contribution < 1.29 is 25.8 Å². The number of rotatable bonds is 3. The lowest BCUT2D eigenvalue weighted by molar-refractivity contribution is -0.0593. The van der Waals surface area contributed by atoms with E-state index in [1.54, 1.807) is 0 Å². The third-order valence-electron chi connectivity index (χ3n) is 2.53. The molecule has 1 rings (SSSR count). The van der Waals surface area contributed by atoms with Gasteiger partial charge in [-0.2, -0.15) is 21.6 Å². The normalized spacial score (nSPS) is 21.2. The number of hydrogen-bond acceptors (Lipinski definition) is 4. The molecule has 16 heavy (non-hydrogen) atoms. The average Bonchev–Trinajstić information content (AvgIpc) is 2.16. The predicted molar refractivity (Wildman–Crippen MR) is 51.2 cm³/mol. The summed E-state index contributed by atoms with van der Waals surface area (Å²) in [5.41, 5.74) is -5.32. The Balaban J connectivity index is 2.52. The minimum Gasteiger partial charge on any atom is -0.303 e. The fraction of sp³-hybridized carbons (Fsp3) is 1.00. The van der Waals surface area contributed by atoms with Gasteiger partial charge in [0.05, 0.1) is 6.10 Å². The van der Waals surface area contributed by atoms with Crippen molar-refractivity contribution in [1.82, 2.24) is 4.90 Å². The van der Waals surface area contributed by atoms with Crippen LogP contribution in [0.2, 0.25) is 0 Å². The van der Waals surface area contributed by atoms with E-state index in [0.717, 1.165) is 6.54 Å². The second-order valence-electron chi connectivity index (χ2n) is 3.63. The molecule has 0 aromatic rings. The van der Waals surface area contributed by atoms with Crippen molar-refractivity contribution in [2.75, 3.05) is 19.6 Å². The van der Waals surface area contributed by atoms with Crippen LogP contribution in [0.4, 0.5) is 13.2 Å². The maximum Gasteiger partial charge on any atom is 0.523 e. The Morgan fingerprint density at radius 1 is 1.31 bits per heavy atom. The molecule has 1 fully saturated rings. The monoisotopic (exact) mass is 261 g/mol. The molecule has 0 radical (unpaired) electrons. The van der Waals surface area contributed by atoms with Crippen LogP contribution in [0, 0.1) is 0 Å². The van der Waals surface area contributed by atoms with E-state index in [2.05, 4.69) is 4.18 Å². The van der Waals surface area contributed by atoms with Crippen LogP contribution in [0.25, 0.3) is 0 Å². The van der Waals surface area contributed by atoms with Crippen LogP contribution in [0.3, 0.4) is 0 Å². The van der Waals surface area contributed by atoms with E-state index < -0.39 is 21.7 Å². The molecule has 0 amide bonds.